The summed E-state index contributed by atoms with van der Waals surface area (Å²) >= 11 is 0. The number of anilines is 1. The van der Waals surface area contributed by atoms with Crippen LogP contribution in [0.1, 0.15) is 13.3 Å². The second-order valence-corrected chi connectivity index (χ2v) is 3.78. The molecule has 6 nitrogen and oxygen atoms in total. The van der Waals surface area contributed by atoms with Crippen LogP contribution in [0, 0.1) is 5.82 Å². The van der Waals surface area contributed by atoms with Gasteiger partial charge in [-0.2, -0.15) is 0 Å². The molecule has 0 fully saturated rings. The lowest BCUT2D eigenvalue weighted by atomic mass is 10.2. The predicted octanol–water partition coefficient (Wildman–Crippen LogP) is 1.69. The maximum atomic E-state index is 12.9. The Labute approximate surface area is 113 Å². The Kier molecular flexibility index (Phi) is 5.40. The van der Waals surface area contributed by atoms with Crippen LogP contribution in [0.4, 0.5) is 10.1 Å². The number of benzene rings is 1. The minimum absolute atomic E-state index is 0.215. The van der Waals surface area contributed by atoms with Crippen LogP contribution >= 0.6 is 0 Å². The van der Waals surface area contributed by atoms with E-state index in [1.54, 1.807) is 0 Å². The van der Waals surface area contributed by atoms with Crippen molar-refractivity contribution >= 4 is 23.5 Å². The van der Waals surface area contributed by atoms with E-state index in [0.717, 1.165) is 13.0 Å². The smallest absolute Gasteiger partial charge is 0.331 e. The molecule has 0 heterocycles. The molecule has 0 atom stereocenters. The topological polar surface area (TPSA) is 92.7 Å². The predicted molar refractivity (Wildman–Crippen MR) is 67.1 cm³/mol. The van der Waals surface area contributed by atoms with Gasteiger partial charge < -0.3 is 15.2 Å². The number of rotatable bonds is 5. The molecule has 0 spiro atoms. The molecule has 0 aromatic heterocycles. The van der Waals surface area contributed by atoms with E-state index in [0.29, 0.717) is 6.08 Å². The van der Waals surface area contributed by atoms with E-state index in [2.05, 4.69) is 10.1 Å². The molecule has 2 N–H and O–H groups in total. The SMILES string of the molecule is CC(=O)OC(=CC(=O)O)CC(=O)Nc1cccc(F)c1. The zero-order valence-corrected chi connectivity index (χ0v) is 10.6. The van der Waals surface area contributed by atoms with Crippen molar-refractivity contribution in [3.8, 4) is 0 Å². The summed E-state index contributed by atoms with van der Waals surface area (Å²) in [5, 5.41) is 10.9. The molecule has 1 rings (SSSR count). The summed E-state index contributed by atoms with van der Waals surface area (Å²) in [6.45, 7) is 1.08. The number of amides is 1. The fourth-order valence-corrected chi connectivity index (χ4v) is 1.37. The van der Waals surface area contributed by atoms with Crippen LogP contribution in [0.3, 0.4) is 0 Å². The van der Waals surface area contributed by atoms with Gasteiger partial charge in [0.15, 0.2) is 0 Å². The van der Waals surface area contributed by atoms with Gasteiger partial charge in [0.25, 0.3) is 0 Å². The fourth-order valence-electron chi connectivity index (χ4n) is 1.37. The first kappa shape index (κ1) is 15.4. The number of carboxylic acids is 1. The summed E-state index contributed by atoms with van der Waals surface area (Å²) in [6.07, 6.45) is 0.162. The molecule has 1 amide bonds. The van der Waals surface area contributed by atoms with E-state index in [9.17, 15) is 18.8 Å². The summed E-state index contributed by atoms with van der Waals surface area (Å²) in [6, 6.07) is 5.19. The lowest BCUT2D eigenvalue weighted by Gasteiger charge is -2.07. The summed E-state index contributed by atoms with van der Waals surface area (Å²) < 4.78 is 17.5. The third-order valence-corrected chi connectivity index (χ3v) is 2.00. The van der Waals surface area contributed by atoms with Crippen molar-refractivity contribution in [1.29, 1.82) is 0 Å². The normalized spacial score (nSPS) is 10.8. The van der Waals surface area contributed by atoms with Crippen LogP contribution in [-0.4, -0.2) is 23.0 Å². The van der Waals surface area contributed by atoms with E-state index in [1.807, 2.05) is 0 Å². The quantitative estimate of drug-likeness (QED) is 0.486. The molecule has 1 aromatic carbocycles. The number of hydrogen-bond acceptors (Lipinski definition) is 4. The molecule has 0 saturated heterocycles. The minimum Gasteiger partial charge on any atom is -0.478 e. The van der Waals surface area contributed by atoms with E-state index in [-0.39, 0.29) is 11.4 Å². The maximum Gasteiger partial charge on any atom is 0.331 e. The van der Waals surface area contributed by atoms with Crippen molar-refractivity contribution < 1.29 is 28.6 Å². The standard InChI is InChI=1S/C13H12FNO5/c1-8(16)20-11(7-13(18)19)6-12(17)15-10-4-2-3-9(14)5-10/h2-5,7H,6H2,1H3,(H,15,17)(H,18,19). The monoisotopic (exact) mass is 281 g/mol. The van der Waals surface area contributed by atoms with Crippen LogP contribution in [0.25, 0.3) is 0 Å². The van der Waals surface area contributed by atoms with E-state index >= 15 is 0 Å². The highest BCUT2D eigenvalue weighted by molar-refractivity contribution is 5.93. The number of esters is 1. The van der Waals surface area contributed by atoms with Crippen LogP contribution in [-0.2, 0) is 19.1 Å². The van der Waals surface area contributed by atoms with E-state index < -0.39 is 30.1 Å². The van der Waals surface area contributed by atoms with Gasteiger partial charge in [0.05, 0.1) is 12.5 Å². The molecular formula is C13H12FNO5. The average Bonchev–Trinajstić information content (AvgIpc) is 2.26. The van der Waals surface area contributed by atoms with Crippen molar-refractivity contribution in [1.82, 2.24) is 0 Å². The Morgan fingerprint density at radius 2 is 2.10 bits per heavy atom. The first-order valence-corrected chi connectivity index (χ1v) is 5.54. The molecule has 0 aliphatic rings. The second kappa shape index (κ2) is 7.03. The number of hydrogen-bond donors (Lipinski definition) is 2. The van der Waals surface area contributed by atoms with Gasteiger partial charge in [0, 0.05) is 12.6 Å². The Bertz CT molecular complexity index is 568. The molecule has 20 heavy (non-hydrogen) atoms. The first-order valence-electron chi connectivity index (χ1n) is 5.54. The zero-order valence-electron chi connectivity index (χ0n) is 10.6. The van der Waals surface area contributed by atoms with Crippen LogP contribution in [0.2, 0.25) is 0 Å². The van der Waals surface area contributed by atoms with Gasteiger partial charge in [-0.1, -0.05) is 6.07 Å². The molecule has 0 saturated carbocycles. The van der Waals surface area contributed by atoms with Crippen molar-refractivity contribution in [2.45, 2.75) is 13.3 Å². The second-order valence-electron chi connectivity index (χ2n) is 3.78. The molecule has 0 unspecified atom stereocenters. The molecule has 0 aliphatic carbocycles. The Balaban J connectivity index is 2.71. The van der Waals surface area contributed by atoms with Gasteiger partial charge in [-0.3, -0.25) is 9.59 Å². The van der Waals surface area contributed by atoms with Crippen molar-refractivity contribution in [3.05, 3.63) is 41.9 Å². The molecule has 1 aromatic rings. The van der Waals surface area contributed by atoms with Gasteiger partial charge in [-0.05, 0) is 18.2 Å². The van der Waals surface area contributed by atoms with Crippen molar-refractivity contribution in [2.24, 2.45) is 0 Å². The largest absolute Gasteiger partial charge is 0.478 e. The number of aliphatic carboxylic acids is 1. The number of nitrogens with one attached hydrogen (secondary N) is 1. The van der Waals surface area contributed by atoms with Crippen LogP contribution < -0.4 is 5.32 Å². The highest BCUT2D eigenvalue weighted by atomic mass is 19.1. The summed E-state index contributed by atoms with van der Waals surface area (Å²) in [5.74, 6) is -3.55. The molecule has 0 aliphatic heterocycles. The first-order chi connectivity index (χ1) is 9.36. The van der Waals surface area contributed by atoms with Crippen molar-refractivity contribution in [2.75, 3.05) is 5.32 Å². The number of carbonyl (C=O) groups excluding carboxylic acids is 2. The summed E-state index contributed by atoms with van der Waals surface area (Å²) in [7, 11) is 0. The Hall–Kier alpha value is -2.70. The third-order valence-electron chi connectivity index (χ3n) is 2.00. The molecule has 0 bridgehead atoms. The minimum atomic E-state index is -1.35. The Morgan fingerprint density at radius 1 is 1.40 bits per heavy atom. The summed E-state index contributed by atoms with van der Waals surface area (Å²) in [5.41, 5.74) is 0.215. The van der Waals surface area contributed by atoms with Crippen molar-refractivity contribution in [3.63, 3.8) is 0 Å². The third kappa shape index (κ3) is 5.76. The molecule has 106 valence electrons. The number of carbonyl (C=O) groups is 3. The number of ether oxygens (including phenoxy) is 1. The average molecular weight is 281 g/mol. The fraction of sp³-hybridized carbons (Fsp3) is 0.154. The lowest BCUT2D eigenvalue weighted by Crippen LogP contribution is -2.15. The van der Waals surface area contributed by atoms with Gasteiger partial charge >= 0.3 is 11.9 Å². The van der Waals surface area contributed by atoms with Gasteiger partial charge in [-0.25, -0.2) is 9.18 Å². The van der Waals surface area contributed by atoms with Crippen LogP contribution in [0.5, 0.6) is 0 Å². The maximum absolute atomic E-state index is 12.9. The van der Waals surface area contributed by atoms with Gasteiger partial charge in [-0.15, -0.1) is 0 Å². The molecule has 7 heteroatoms. The number of halogens is 1. The number of carboxylic acid groups (broad SMARTS) is 1. The van der Waals surface area contributed by atoms with E-state index in [4.69, 9.17) is 5.11 Å². The van der Waals surface area contributed by atoms with Gasteiger partial charge in [0.1, 0.15) is 11.6 Å². The highest BCUT2D eigenvalue weighted by Crippen LogP contribution is 2.11. The van der Waals surface area contributed by atoms with Gasteiger partial charge in [0.2, 0.25) is 5.91 Å². The van der Waals surface area contributed by atoms with E-state index in [1.165, 1.54) is 18.2 Å². The molecule has 0 radical (unpaired) electrons. The Morgan fingerprint density at radius 3 is 2.65 bits per heavy atom. The lowest BCUT2D eigenvalue weighted by molar-refractivity contribution is -0.137. The highest BCUT2D eigenvalue weighted by Gasteiger charge is 2.12. The van der Waals surface area contributed by atoms with Crippen LogP contribution in [0.15, 0.2) is 36.1 Å². The zero-order chi connectivity index (χ0) is 15.1. The molecular weight excluding hydrogens is 269 g/mol. The summed E-state index contributed by atoms with van der Waals surface area (Å²) in [4.78, 5) is 32.9.